The molecule has 11 heteroatoms. The van der Waals surface area contributed by atoms with Crippen LogP contribution in [0.25, 0.3) is 21.1 Å². The molecule has 1 spiro atoms. The molecule has 172 valence electrons. The minimum absolute atomic E-state index is 0. The summed E-state index contributed by atoms with van der Waals surface area (Å²) in [7, 11) is 0. The van der Waals surface area contributed by atoms with Crippen molar-refractivity contribution in [3.8, 4) is 0 Å². The van der Waals surface area contributed by atoms with Crippen LogP contribution >= 0.6 is 23.9 Å². The number of nitrogens with two attached hydrogens (primary N) is 1. The molecule has 32 heavy (non-hydrogen) atoms. The van der Waals surface area contributed by atoms with Crippen molar-refractivity contribution in [2.24, 2.45) is 17.1 Å². The number of nitrogens with one attached hydrogen (secondary N) is 2. The Morgan fingerprint density at radius 1 is 1.12 bits per heavy atom. The van der Waals surface area contributed by atoms with E-state index in [1.54, 1.807) is 0 Å². The first-order valence-corrected chi connectivity index (χ1v) is 11.3. The van der Waals surface area contributed by atoms with Gasteiger partial charge in [0, 0.05) is 30.7 Å². The highest BCUT2D eigenvalue weighted by Crippen LogP contribution is 2.65. The molecule has 6 rings (SSSR count). The van der Waals surface area contributed by atoms with E-state index >= 15 is 13.2 Å². The van der Waals surface area contributed by atoms with E-state index in [-0.39, 0.29) is 51.7 Å². The fourth-order valence-electron chi connectivity index (χ4n) is 5.62. The SMILES string of the molecule is C[C@H]1C(N)CNCC12CC2c1c(F)c(F)c2c(=O)c3c(=O)[nH]sc3n(C3CC3)c2c1F.Cl. The van der Waals surface area contributed by atoms with E-state index in [2.05, 4.69) is 9.69 Å². The zero-order valence-corrected chi connectivity index (χ0v) is 18.8. The highest BCUT2D eigenvalue weighted by Gasteiger charge is 2.62. The zero-order valence-electron chi connectivity index (χ0n) is 17.1. The number of nitrogens with zero attached hydrogens (tertiary/aromatic N) is 1. The second-order valence-electron chi connectivity index (χ2n) is 9.30. The number of rotatable bonds is 2. The first kappa shape index (κ1) is 21.9. The molecule has 2 saturated carbocycles. The van der Waals surface area contributed by atoms with Crippen LogP contribution in [0.5, 0.6) is 0 Å². The molecule has 0 radical (unpaired) electrons. The fourth-order valence-corrected chi connectivity index (χ4v) is 6.54. The maximum absolute atomic E-state index is 16.0. The van der Waals surface area contributed by atoms with E-state index < -0.39 is 45.2 Å². The van der Waals surface area contributed by atoms with E-state index in [0.717, 1.165) is 24.4 Å². The van der Waals surface area contributed by atoms with Gasteiger partial charge in [0.25, 0.3) is 5.56 Å². The number of pyridine rings is 1. The van der Waals surface area contributed by atoms with Gasteiger partial charge in [-0.3, -0.25) is 14.0 Å². The molecule has 1 aliphatic heterocycles. The summed E-state index contributed by atoms with van der Waals surface area (Å²) < 4.78 is 50.7. The molecule has 4 N–H and O–H groups in total. The molecule has 0 amide bonds. The number of aromatic nitrogens is 2. The molecule has 0 bridgehead atoms. The lowest BCUT2D eigenvalue weighted by Crippen LogP contribution is -2.51. The number of halogens is 4. The minimum atomic E-state index is -1.37. The van der Waals surface area contributed by atoms with Crippen LogP contribution in [0.4, 0.5) is 13.2 Å². The van der Waals surface area contributed by atoms with E-state index in [9.17, 15) is 9.59 Å². The highest BCUT2D eigenvalue weighted by atomic mass is 35.5. The Morgan fingerprint density at radius 3 is 2.53 bits per heavy atom. The Labute approximate surface area is 190 Å². The lowest BCUT2D eigenvalue weighted by molar-refractivity contribution is 0.209. The summed E-state index contributed by atoms with van der Waals surface area (Å²) in [6.45, 7) is 3.15. The lowest BCUT2D eigenvalue weighted by atomic mass is 9.78. The highest BCUT2D eigenvalue weighted by molar-refractivity contribution is 7.12. The van der Waals surface area contributed by atoms with Gasteiger partial charge in [-0.05, 0) is 48.0 Å². The maximum atomic E-state index is 16.0. The molecule has 2 aliphatic carbocycles. The van der Waals surface area contributed by atoms with Gasteiger partial charge in [0.05, 0.1) is 10.9 Å². The van der Waals surface area contributed by atoms with Crippen LogP contribution in [0, 0.1) is 28.8 Å². The molecular weight excluding hydrogens is 465 g/mol. The third kappa shape index (κ3) is 2.66. The molecule has 3 aliphatic rings. The Bertz CT molecular complexity index is 1400. The van der Waals surface area contributed by atoms with Gasteiger partial charge in [-0.15, -0.1) is 12.4 Å². The Morgan fingerprint density at radius 2 is 1.84 bits per heavy atom. The summed E-state index contributed by atoms with van der Waals surface area (Å²) >= 11 is 0.925. The largest absolute Gasteiger partial charge is 0.326 e. The standard InChI is InChI=1S/C21H21F3N4O2S.ClH/c1-7-10(25)5-26-6-21(7)4-9(21)11-14(22)15(23)12-17(16(11)24)28(8-2-3-8)20-13(18(12)29)19(30)27-31-20;/h7-10,26H,2-6,25H2,1H3,(H,27,30);1H/t7-,9?,10?,21?;/m0./s1. The Balaban J connectivity index is 0.00000216. The molecule has 4 atom stereocenters. The number of aromatic amines is 1. The second kappa shape index (κ2) is 7.06. The number of piperidine rings is 1. The number of benzene rings is 1. The van der Waals surface area contributed by atoms with Crippen LogP contribution in [0.1, 0.15) is 43.7 Å². The Hall–Kier alpha value is -1.88. The van der Waals surface area contributed by atoms with Crippen LogP contribution in [0.2, 0.25) is 0 Å². The molecule has 3 fully saturated rings. The van der Waals surface area contributed by atoms with E-state index in [0.29, 0.717) is 19.5 Å². The van der Waals surface area contributed by atoms with Crippen molar-refractivity contribution in [3.63, 3.8) is 0 Å². The number of hydrogen-bond donors (Lipinski definition) is 3. The van der Waals surface area contributed by atoms with Crippen molar-refractivity contribution in [2.75, 3.05) is 13.1 Å². The van der Waals surface area contributed by atoms with Crippen molar-refractivity contribution in [3.05, 3.63) is 43.6 Å². The van der Waals surface area contributed by atoms with Crippen LogP contribution in [-0.4, -0.2) is 28.1 Å². The monoisotopic (exact) mass is 486 g/mol. The maximum Gasteiger partial charge on any atom is 0.271 e. The van der Waals surface area contributed by atoms with Crippen LogP contribution < -0.4 is 22.0 Å². The predicted molar refractivity (Wildman–Crippen MR) is 119 cm³/mol. The van der Waals surface area contributed by atoms with Gasteiger partial charge in [0.15, 0.2) is 17.5 Å². The number of H-pyrrole nitrogens is 1. The summed E-state index contributed by atoms with van der Waals surface area (Å²) in [6.07, 6.45) is 1.94. The van der Waals surface area contributed by atoms with Gasteiger partial charge in [-0.1, -0.05) is 6.92 Å². The van der Waals surface area contributed by atoms with Gasteiger partial charge in [0.2, 0.25) is 5.43 Å². The van der Waals surface area contributed by atoms with Crippen molar-refractivity contribution in [1.29, 1.82) is 0 Å². The van der Waals surface area contributed by atoms with Crippen molar-refractivity contribution in [2.45, 2.75) is 44.2 Å². The summed E-state index contributed by atoms with van der Waals surface area (Å²) in [6, 6.07) is -0.308. The van der Waals surface area contributed by atoms with Gasteiger partial charge in [-0.2, -0.15) is 0 Å². The molecule has 3 heterocycles. The smallest absolute Gasteiger partial charge is 0.271 e. The second-order valence-corrected chi connectivity index (χ2v) is 10.1. The quantitative estimate of drug-likeness (QED) is 0.485. The number of fused-ring (bicyclic) bond motifs is 2. The summed E-state index contributed by atoms with van der Waals surface area (Å²) in [5, 5.41) is 2.31. The summed E-state index contributed by atoms with van der Waals surface area (Å²) in [4.78, 5) is 25.4. The average molecular weight is 487 g/mol. The normalized spacial score (nSPS) is 29.6. The summed E-state index contributed by atoms with van der Waals surface area (Å²) in [5.74, 6) is -4.11. The molecule has 3 aromatic rings. The third-order valence-corrected chi connectivity index (χ3v) is 8.57. The molecular formula is C21H22ClF3N4O2S. The summed E-state index contributed by atoms with van der Waals surface area (Å²) in [5.41, 5.74) is 3.59. The molecule has 3 unspecified atom stereocenters. The van der Waals surface area contributed by atoms with E-state index in [1.807, 2.05) is 6.92 Å². The van der Waals surface area contributed by atoms with Crippen LogP contribution in [0.15, 0.2) is 9.59 Å². The third-order valence-electron chi connectivity index (χ3n) is 7.69. The Kier molecular flexibility index (Phi) is 4.84. The van der Waals surface area contributed by atoms with Gasteiger partial charge < -0.3 is 15.6 Å². The molecule has 6 nitrogen and oxygen atoms in total. The lowest BCUT2D eigenvalue weighted by Gasteiger charge is -2.36. The minimum Gasteiger partial charge on any atom is -0.326 e. The van der Waals surface area contributed by atoms with Crippen LogP contribution in [0.3, 0.4) is 0 Å². The average Bonchev–Trinajstić information content (AvgIpc) is 3.64. The zero-order chi connectivity index (χ0) is 21.8. The van der Waals surface area contributed by atoms with Crippen molar-refractivity contribution >= 4 is 45.1 Å². The topological polar surface area (TPSA) is 92.9 Å². The van der Waals surface area contributed by atoms with Gasteiger partial charge in [0.1, 0.15) is 10.2 Å². The molecule has 1 saturated heterocycles. The van der Waals surface area contributed by atoms with Crippen molar-refractivity contribution in [1.82, 2.24) is 14.3 Å². The first-order chi connectivity index (χ1) is 14.8. The molecule has 1 aromatic carbocycles. The predicted octanol–water partition coefficient (Wildman–Crippen LogP) is 3.12. The number of hydrogen-bond acceptors (Lipinski definition) is 5. The van der Waals surface area contributed by atoms with E-state index in [1.165, 1.54) is 4.57 Å². The van der Waals surface area contributed by atoms with E-state index in [4.69, 9.17) is 5.73 Å². The first-order valence-electron chi connectivity index (χ1n) is 10.5. The van der Waals surface area contributed by atoms with Crippen LogP contribution in [-0.2, 0) is 0 Å². The van der Waals surface area contributed by atoms with Gasteiger partial charge in [-0.25, -0.2) is 13.2 Å². The van der Waals surface area contributed by atoms with Crippen molar-refractivity contribution < 1.29 is 13.2 Å². The van der Waals surface area contributed by atoms with Gasteiger partial charge >= 0.3 is 0 Å². The molecule has 2 aromatic heterocycles. The fraction of sp³-hybridized carbons (Fsp3) is 0.524.